The molecule has 1 aliphatic carbocycles. The van der Waals surface area contributed by atoms with E-state index in [0.29, 0.717) is 49.7 Å². The van der Waals surface area contributed by atoms with Crippen LogP contribution >= 0.6 is 15.9 Å². The highest BCUT2D eigenvalue weighted by atomic mass is 79.9. The zero-order valence-electron chi connectivity index (χ0n) is 21.5. The van der Waals surface area contributed by atoms with Crippen molar-refractivity contribution in [3.8, 4) is 5.75 Å². The third-order valence-electron chi connectivity index (χ3n) is 7.28. The van der Waals surface area contributed by atoms with Gasteiger partial charge in [-0.05, 0) is 77.9 Å². The Kier molecular flexibility index (Phi) is 9.27. The Bertz CT molecular complexity index is 1170. The number of halogens is 1. The number of nitrogens with one attached hydrogen (secondary N) is 2. The fourth-order valence-electron chi connectivity index (χ4n) is 5.09. The van der Waals surface area contributed by atoms with Crippen LogP contribution < -0.4 is 15.4 Å². The molecule has 1 unspecified atom stereocenters. The summed E-state index contributed by atoms with van der Waals surface area (Å²) >= 11 is 3.40. The second-order valence-electron chi connectivity index (χ2n) is 9.94. The molecule has 1 aliphatic heterocycles. The number of urea groups is 1. The second-order valence-corrected chi connectivity index (χ2v) is 10.8. The highest BCUT2D eigenvalue weighted by Gasteiger charge is 2.41. The summed E-state index contributed by atoms with van der Waals surface area (Å²) in [5.41, 5.74) is 0.825. The van der Waals surface area contributed by atoms with E-state index < -0.39 is 17.6 Å². The van der Waals surface area contributed by atoms with Crippen LogP contribution in [-0.4, -0.2) is 60.3 Å². The maximum atomic E-state index is 13.0. The number of carboxylic acid groups (broad SMARTS) is 1. The van der Waals surface area contributed by atoms with Gasteiger partial charge in [-0.15, -0.1) is 0 Å². The van der Waals surface area contributed by atoms with Crippen LogP contribution in [-0.2, 0) is 20.7 Å². The molecule has 0 bridgehead atoms. The molecule has 2 aliphatic rings. The summed E-state index contributed by atoms with van der Waals surface area (Å²) in [4.78, 5) is 39.2. The molecule has 2 aromatic rings. The number of hydrogen-bond acceptors (Lipinski definition) is 5. The number of ether oxygens (including phenoxy) is 2. The first-order valence-corrected chi connectivity index (χ1v) is 13.7. The molecule has 1 atom stereocenters. The first-order chi connectivity index (χ1) is 18.3. The minimum Gasteiger partial charge on any atom is -0.495 e. The second kappa shape index (κ2) is 12.6. The zero-order valence-corrected chi connectivity index (χ0v) is 23.1. The van der Waals surface area contributed by atoms with Gasteiger partial charge < -0.3 is 30.1 Å². The number of benzene rings is 2. The number of nitrogens with zero attached hydrogens (tertiary/aromatic N) is 1. The molecule has 3 amide bonds. The van der Waals surface area contributed by atoms with Crippen molar-refractivity contribution in [1.82, 2.24) is 4.90 Å². The van der Waals surface area contributed by atoms with Gasteiger partial charge in [0, 0.05) is 23.5 Å². The van der Waals surface area contributed by atoms with Crippen LogP contribution in [0.5, 0.6) is 5.75 Å². The predicted octanol–water partition coefficient (Wildman–Crippen LogP) is 5.30. The molecule has 38 heavy (non-hydrogen) atoms. The molecule has 2 aromatic carbocycles. The fraction of sp³-hybridized carbons (Fsp3) is 0.464. The largest absolute Gasteiger partial charge is 0.495 e. The van der Waals surface area contributed by atoms with E-state index in [2.05, 4.69) is 26.6 Å². The van der Waals surface area contributed by atoms with Gasteiger partial charge >= 0.3 is 12.0 Å². The van der Waals surface area contributed by atoms with Crippen molar-refractivity contribution < 1.29 is 29.0 Å². The predicted molar refractivity (Wildman–Crippen MR) is 148 cm³/mol. The standard InChI is InChI=1S/C28H34BrN3O6/c1-37-24-15-19(9-10-23(24)31-27(36)30-22-8-4-3-7-21(22)29)16-25(33)32-14-11-20(17-32)18-38-28(26(34)35)12-5-2-6-13-28/h3-4,7-10,15,20H,2,5-6,11-14,16-18H2,1H3,(H,34,35)(H2,30,31,36). The van der Waals surface area contributed by atoms with Crippen LogP contribution in [0, 0.1) is 5.92 Å². The number of carbonyl (C=O) groups is 3. The summed E-state index contributed by atoms with van der Waals surface area (Å²) in [5.74, 6) is -0.300. The molecule has 10 heteroatoms. The lowest BCUT2D eigenvalue weighted by Crippen LogP contribution is -2.44. The Morgan fingerprint density at radius 2 is 1.82 bits per heavy atom. The minimum absolute atomic E-state index is 0.00690. The van der Waals surface area contributed by atoms with E-state index in [1.54, 1.807) is 24.3 Å². The van der Waals surface area contributed by atoms with Crippen LogP contribution in [0.4, 0.5) is 16.2 Å². The molecule has 3 N–H and O–H groups in total. The number of rotatable bonds is 9. The van der Waals surface area contributed by atoms with E-state index in [0.717, 1.165) is 35.7 Å². The number of anilines is 2. The first kappa shape index (κ1) is 27.9. The van der Waals surface area contributed by atoms with Gasteiger partial charge in [-0.1, -0.05) is 24.6 Å². The highest BCUT2D eigenvalue weighted by Crippen LogP contribution is 2.33. The number of amides is 3. The van der Waals surface area contributed by atoms with Crippen LogP contribution in [0.15, 0.2) is 46.9 Å². The van der Waals surface area contributed by atoms with Gasteiger partial charge in [-0.3, -0.25) is 4.79 Å². The van der Waals surface area contributed by atoms with Gasteiger partial charge in [-0.2, -0.15) is 0 Å². The third-order valence-corrected chi connectivity index (χ3v) is 7.97. The van der Waals surface area contributed by atoms with Crippen molar-refractivity contribution in [2.45, 2.75) is 50.5 Å². The highest BCUT2D eigenvalue weighted by molar-refractivity contribution is 9.10. The summed E-state index contributed by atoms with van der Waals surface area (Å²) in [7, 11) is 1.51. The summed E-state index contributed by atoms with van der Waals surface area (Å²) in [5, 5.41) is 15.3. The summed E-state index contributed by atoms with van der Waals surface area (Å²) in [6.45, 7) is 1.53. The lowest BCUT2D eigenvalue weighted by molar-refractivity contribution is -0.172. The average Bonchev–Trinajstić information content (AvgIpc) is 3.39. The van der Waals surface area contributed by atoms with E-state index in [1.165, 1.54) is 7.11 Å². The molecule has 2 fully saturated rings. The number of hydrogen-bond donors (Lipinski definition) is 3. The number of methoxy groups -OCH3 is 1. The summed E-state index contributed by atoms with van der Waals surface area (Å²) in [6, 6.07) is 12.2. The van der Waals surface area contributed by atoms with E-state index in [9.17, 15) is 19.5 Å². The lowest BCUT2D eigenvalue weighted by Gasteiger charge is -2.34. The molecular weight excluding hydrogens is 554 g/mol. The van der Waals surface area contributed by atoms with Crippen molar-refractivity contribution in [3.63, 3.8) is 0 Å². The van der Waals surface area contributed by atoms with Gasteiger partial charge in [-0.25, -0.2) is 9.59 Å². The molecular formula is C28H34BrN3O6. The van der Waals surface area contributed by atoms with Crippen molar-refractivity contribution in [2.24, 2.45) is 5.92 Å². The average molecular weight is 588 g/mol. The quantitative estimate of drug-likeness (QED) is 0.366. The molecule has 1 saturated heterocycles. The normalized spacial score (nSPS) is 18.6. The van der Waals surface area contributed by atoms with E-state index >= 15 is 0 Å². The van der Waals surface area contributed by atoms with Crippen molar-refractivity contribution in [2.75, 3.05) is 37.4 Å². The molecule has 1 heterocycles. The molecule has 4 rings (SSSR count). The van der Waals surface area contributed by atoms with Crippen LogP contribution in [0.2, 0.25) is 0 Å². The van der Waals surface area contributed by atoms with E-state index in [-0.39, 0.29) is 18.2 Å². The van der Waals surface area contributed by atoms with Crippen molar-refractivity contribution in [3.05, 3.63) is 52.5 Å². The van der Waals surface area contributed by atoms with Gasteiger partial charge in [0.1, 0.15) is 5.75 Å². The van der Waals surface area contributed by atoms with Crippen LogP contribution in [0.1, 0.15) is 44.1 Å². The summed E-state index contributed by atoms with van der Waals surface area (Å²) in [6.07, 6.45) is 4.88. The SMILES string of the molecule is COc1cc(CC(=O)N2CCC(COC3(C(=O)O)CCCCC3)C2)ccc1NC(=O)Nc1ccccc1Br. The third kappa shape index (κ3) is 6.85. The minimum atomic E-state index is -1.07. The topological polar surface area (TPSA) is 117 Å². The van der Waals surface area contributed by atoms with E-state index in [1.807, 2.05) is 23.1 Å². The maximum Gasteiger partial charge on any atom is 0.335 e. The molecule has 204 valence electrons. The van der Waals surface area contributed by atoms with Gasteiger partial charge in [0.05, 0.1) is 31.5 Å². The Balaban J connectivity index is 1.30. The number of carbonyl (C=O) groups excluding carboxylic acids is 2. The Hall–Kier alpha value is -3.11. The maximum absolute atomic E-state index is 13.0. The number of likely N-dealkylation sites (tertiary alicyclic amines) is 1. The molecule has 0 aromatic heterocycles. The number of aliphatic carboxylic acids is 1. The molecule has 0 spiro atoms. The molecule has 0 radical (unpaired) electrons. The van der Waals surface area contributed by atoms with Gasteiger partial charge in [0.25, 0.3) is 0 Å². The van der Waals surface area contributed by atoms with Gasteiger partial charge in [0.15, 0.2) is 5.60 Å². The first-order valence-electron chi connectivity index (χ1n) is 12.9. The molecule has 1 saturated carbocycles. The smallest absolute Gasteiger partial charge is 0.335 e. The van der Waals surface area contributed by atoms with Crippen LogP contribution in [0.3, 0.4) is 0 Å². The van der Waals surface area contributed by atoms with Crippen molar-refractivity contribution >= 4 is 45.2 Å². The Morgan fingerprint density at radius 1 is 1.08 bits per heavy atom. The number of para-hydroxylation sites is 1. The summed E-state index contributed by atoms with van der Waals surface area (Å²) < 4.78 is 12.2. The van der Waals surface area contributed by atoms with Crippen molar-refractivity contribution in [1.29, 1.82) is 0 Å². The lowest BCUT2D eigenvalue weighted by atomic mass is 9.84. The van der Waals surface area contributed by atoms with Gasteiger partial charge in [0.2, 0.25) is 5.91 Å². The Morgan fingerprint density at radius 3 is 2.53 bits per heavy atom. The van der Waals surface area contributed by atoms with Crippen LogP contribution in [0.25, 0.3) is 0 Å². The Labute approximate surface area is 231 Å². The zero-order chi connectivity index (χ0) is 27.1. The van der Waals surface area contributed by atoms with E-state index in [4.69, 9.17) is 9.47 Å². The fourth-order valence-corrected chi connectivity index (χ4v) is 5.47. The monoisotopic (exact) mass is 587 g/mol. The number of carboxylic acids is 1. The molecule has 9 nitrogen and oxygen atoms in total.